The Balaban J connectivity index is 1.04. The quantitative estimate of drug-likeness (QED) is 0.263. The van der Waals surface area contributed by atoms with Gasteiger partial charge in [0.1, 0.15) is 5.75 Å². The van der Waals surface area contributed by atoms with Gasteiger partial charge in [0, 0.05) is 45.2 Å². The topological polar surface area (TPSA) is 74.3 Å². The van der Waals surface area contributed by atoms with Crippen LogP contribution in [0.2, 0.25) is 10.0 Å². The van der Waals surface area contributed by atoms with Gasteiger partial charge in [-0.1, -0.05) is 65.7 Å². The number of halogens is 2. The average Bonchev–Trinajstić information content (AvgIpc) is 3.01. The normalized spacial score (nSPS) is 15.3. The summed E-state index contributed by atoms with van der Waals surface area (Å²) in [5.74, 6) is 0.627. The molecule has 2 aliphatic heterocycles. The van der Waals surface area contributed by atoms with Gasteiger partial charge in [-0.05, 0) is 55.1 Å². The Hall–Kier alpha value is -3.46. The maximum absolute atomic E-state index is 12.7. The molecule has 2 heterocycles. The van der Waals surface area contributed by atoms with Crippen molar-refractivity contribution in [1.82, 2.24) is 10.2 Å². The number of aryl methyl sites for hydroxylation is 1. The molecule has 0 atom stereocenters. The highest BCUT2D eigenvalue weighted by Gasteiger charge is 2.26. The molecule has 0 saturated carbocycles. The number of hydrogen-bond acceptors (Lipinski definition) is 6. The minimum atomic E-state index is -0.569. The van der Waals surface area contributed by atoms with Gasteiger partial charge in [-0.15, -0.1) is 0 Å². The first-order valence-electron chi connectivity index (χ1n) is 14.4. The third kappa shape index (κ3) is 7.88. The van der Waals surface area contributed by atoms with E-state index >= 15 is 0 Å². The van der Waals surface area contributed by atoms with Crippen molar-refractivity contribution in [2.75, 3.05) is 55.9 Å². The molecule has 2 aliphatic rings. The lowest BCUT2D eigenvalue weighted by atomic mass is 10.0. The predicted octanol–water partition coefficient (Wildman–Crippen LogP) is 6.14. The molecule has 222 valence electrons. The van der Waals surface area contributed by atoms with Crippen molar-refractivity contribution >= 4 is 46.6 Å². The Kier molecular flexibility index (Phi) is 10.5. The highest BCUT2D eigenvalue weighted by Crippen LogP contribution is 2.33. The number of fused-ring (bicyclic) bond motifs is 1. The molecule has 10 heteroatoms. The molecule has 0 radical (unpaired) electrons. The van der Waals surface area contributed by atoms with Gasteiger partial charge in [-0.3, -0.25) is 14.6 Å². The Morgan fingerprint density at radius 1 is 0.881 bits per heavy atom. The number of nitrogens with one attached hydrogen (secondary N) is 1. The van der Waals surface area contributed by atoms with Crippen LogP contribution < -0.4 is 19.9 Å². The van der Waals surface area contributed by atoms with Crippen molar-refractivity contribution < 1.29 is 19.1 Å². The summed E-state index contributed by atoms with van der Waals surface area (Å²) < 4.78 is 11.4. The van der Waals surface area contributed by atoms with Crippen LogP contribution >= 0.6 is 23.2 Å². The summed E-state index contributed by atoms with van der Waals surface area (Å²) in [6, 6.07) is 21.2. The van der Waals surface area contributed by atoms with E-state index < -0.39 is 6.09 Å². The van der Waals surface area contributed by atoms with Crippen molar-refractivity contribution in [2.45, 2.75) is 32.2 Å². The molecular formula is C32H36Cl2N4O4. The minimum absolute atomic E-state index is 0.0757. The van der Waals surface area contributed by atoms with Crippen LogP contribution in [0.25, 0.3) is 0 Å². The zero-order valence-corrected chi connectivity index (χ0v) is 25.1. The Morgan fingerprint density at radius 3 is 2.50 bits per heavy atom. The number of piperazine rings is 1. The van der Waals surface area contributed by atoms with Crippen molar-refractivity contribution in [3.63, 3.8) is 0 Å². The van der Waals surface area contributed by atoms with Crippen LogP contribution in [0.4, 0.5) is 16.2 Å². The van der Waals surface area contributed by atoms with Crippen LogP contribution in [0.5, 0.6) is 5.75 Å². The molecule has 0 aliphatic carbocycles. The third-order valence-corrected chi connectivity index (χ3v) is 8.45. The summed E-state index contributed by atoms with van der Waals surface area (Å²) in [5, 5.41) is 3.94. The largest absolute Gasteiger partial charge is 0.494 e. The van der Waals surface area contributed by atoms with Crippen LogP contribution in [0, 0.1) is 0 Å². The Labute approximate surface area is 257 Å². The predicted molar refractivity (Wildman–Crippen MR) is 167 cm³/mol. The van der Waals surface area contributed by atoms with E-state index in [4.69, 9.17) is 32.7 Å². The zero-order chi connectivity index (χ0) is 29.3. The number of benzene rings is 3. The molecule has 42 heavy (non-hydrogen) atoms. The third-order valence-electron chi connectivity index (χ3n) is 7.64. The number of rotatable bonds is 11. The first-order chi connectivity index (χ1) is 20.5. The molecule has 0 spiro atoms. The number of anilines is 2. The highest BCUT2D eigenvalue weighted by atomic mass is 35.5. The molecule has 3 aromatic carbocycles. The van der Waals surface area contributed by atoms with E-state index in [0.717, 1.165) is 68.1 Å². The molecule has 0 bridgehead atoms. The molecule has 8 nitrogen and oxygen atoms in total. The second-order valence-corrected chi connectivity index (χ2v) is 11.3. The van der Waals surface area contributed by atoms with E-state index in [1.807, 2.05) is 66.7 Å². The maximum Gasteiger partial charge on any atom is 0.409 e. The van der Waals surface area contributed by atoms with Crippen LogP contribution in [-0.2, 0) is 22.5 Å². The van der Waals surface area contributed by atoms with Gasteiger partial charge in [-0.25, -0.2) is 4.79 Å². The van der Waals surface area contributed by atoms with E-state index in [2.05, 4.69) is 15.1 Å². The van der Waals surface area contributed by atoms with E-state index in [0.29, 0.717) is 41.8 Å². The molecule has 3 aromatic rings. The summed E-state index contributed by atoms with van der Waals surface area (Å²) in [6.45, 7) is 5.59. The van der Waals surface area contributed by atoms with E-state index in [-0.39, 0.29) is 12.6 Å². The molecule has 1 N–H and O–H groups in total. The zero-order valence-electron chi connectivity index (χ0n) is 23.6. The molecule has 2 amide bonds. The van der Waals surface area contributed by atoms with Gasteiger partial charge in [-0.2, -0.15) is 0 Å². The lowest BCUT2D eigenvalue weighted by molar-refractivity contribution is -0.119. The summed E-state index contributed by atoms with van der Waals surface area (Å²) in [5.41, 5.74) is 3.74. The number of carbonyl (C=O) groups is 2. The van der Waals surface area contributed by atoms with Crippen LogP contribution in [0.15, 0.2) is 66.7 Å². The number of amides is 2. The van der Waals surface area contributed by atoms with Crippen LogP contribution in [0.3, 0.4) is 0 Å². The van der Waals surface area contributed by atoms with Crippen molar-refractivity contribution in [3.05, 3.63) is 87.9 Å². The van der Waals surface area contributed by atoms with Crippen LogP contribution in [0.1, 0.15) is 30.4 Å². The lowest BCUT2D eigenvalue weighted by Gasteiger charge is -2.36. The molecule has 1 saturated heterocycles. The van der Waals surface area contributed by atoms with Crippen molar-refractivity contribution in [1.29, 1.82) is 0 Å². The SMILES string of the molecule is O=C(NCc1ccccc1)OCN1C(=O)CCc2ccc(OCCCCN3CCN(c4cccc(Cl)c4Cl)CC3)cc21. The van der Waals surface area contributed by atoms with Gasteiger partial charge in [0.25, 0.3) is 0 Å². The van der Waals surface area contributed by atoms with Gasteiger partial charge >= 0.3 is 6.09 Å². The smallest absolute Gasteiger partial charge is 0.409 e. The van der Waals surface area contributed by atoms with E-state index in [1.165, 1.54) is 4.90 Å². The van der Waals surface area contributed by atoms with Crippen LogP contribution in [-0.4, -0.2) is 63.0 Å². The number of hydrogen-bond donors (Lipinski definition) is 1. The fourth-order valence-corrected chi connectivity index (χ4v) is 5.68. The number of nitrogens with zero attached hydrogens (tertiary/aromatic N) is 3. The average molecular weight is 612 g/mol. The minimum Gasteiger partial charge on any atom is -0.494 e. The molecule has 1 fully saturated rings. The Morgan fingerprint density at radius 2 is 1.69 bits per heavy atom. The van der Waals surface area contributed by atoms with Gasteiger partial charge < -0.3 is 19.7 Å². The first kappa shape index (κ1) is 30.0. The van der Waals surface area contributed by atoms with Crippen molar-refractivity contribution in [2.24, 2.45) is 0 Å². The molecule has 0 aromatic heterocycles. The Bertz CT molecular complexity index is 1370. The van der Waals surface area contributed by atoms with E-state index in [1.54, 1.807) is 0 Å². The second kappa shape index (κ2) is 14.6. The fraction of sp³-hybridized carbons (Fsp3) is 0.375. The number of carbonyl (C=O) groups excluding carboxylic acids is 2. The van der Waals surface area contributed by atoms with Gasteiger partial charge in [0.2, 0.25) is 5.91 Å². The first-order valence-corrected chi connectivity index (χ1v) is 15.2. The number of unbranched alkanes of at least 4 members (excludes halogenated alkanes) is 1. The standard InChI is InChI=1S/C32H36Cl2N4O4/c33-27-9-6-10-28(31(27)34)37-18-16-36(17-19-37)15-4-5-20-41-26-13-11-25-12-14-30(39)38(29(25)21-26)23-42-32(40)35-22-24-7-2-1-3-8-24/h1-3,6-11,13,21H,4-5,12,14-20,22-23H2,(H,35,40). The fourth-order valence-electron chi connectivity index (χ4n) is 5.27. The monoisotopic (exact) mass is 610 g/mol. The highest BCUT2D eigenvalue weighted by molar-refractivity contribution is 6.43. The summed E-state index contributed by atoms with van der Waals surface area (Å²) in [7, 11) is 0. The van der Waals surface area contributed by atoms with Gasteiger partial charge in [0.05, 0.1) is 28.0 Å². The van der Waals surface area contributed by atoms with Crippen molar-refractivity contribution in [3.8, 4) is 5.75 Å². The van der Waals surface area contributed by atoms with Gasteiger partial charge in [0.15, 0.2) is 6.73 Å². The lowest BCUT2D eigenvalue weighted by Crippen LogP contribution is -2.46. The molecule has 5 rings (SSSR count). The summed E-state index contributed by atoms with van der Waals surface area (Å²) in [6.07, 6.45) is 2.41. The molecular weight excluding hydrogens is 575 g/mol. The maximum atomic E-state index is 12.7. The van der Waals surface area contributed by atoms with E-state index in [9.17, 15) is 9.59 Å². The molecule has 0 unspecified atom stereocenters. The summed E-state index contributed by atoms with van der Waals surface area (Å²) >= 11 is 12.6. The second-order valence-electron chi connectivity index (χ2n) is 10.5. The number of ether oxygens (including phenoxy) is 2. The summed E-state index contributed by atoms with van der Waals surface area (Å²) in [4.78, 5) is 31.2. The number of alkyl carbamates (subject to hydrolysis) is 1.